The fourth-order valence-electron chi connectivity index (χ4n) is 11.2. The van der Waals surface area contributed by atoms with Crippen molar-refractivity contribution in [3.05, 3.63) is 162 Å². The molecular weight excluding hydrogens is 639 g/mol. The molecule has 1 heteroatoms. The molecule has 6 aromatic rings. The number of benzene rings is 6. The highest BCUT2D eigenvalue weighted by molar-refractivity contribution is 6.01. The molecule has 3 unspecified atom stereocenters. The lowest BCUT2D eigenvalue weighted by atomic mass is 9.77. The Kier molecular flexibility index (Phi) is 8.16. The number of rotatable bonds is 7. The van der Waals surface area contributed by atoms with E-state index in [1.54, 1.807) is 0 Å². The zero-order valence-corrected chi connectivity index (χ0v) is 31.4. The number of fused-ring (bicyclic) bond motifs is 5. The van der Waals surface area contributed by atoms with Gasteiger partial charge in [-0.1, -0.05) is 149 Å². The third kappa shape index (κ3) is 5.58. The van der Waals surface area contributed by atoms with Crippen LogP contribution in [-0.4, -0.2) is 0 Å². The molecule has 0 saturated heterocycles. The molecule has 3 atom stereocenters. The smallest absolute Gasteiger partial charge is 0.0543 e. The van der Waals surface area contributed by atoms with Gasteiger partial charge in [-0.3, -0.25) is 0 Å². The molecule has 10 rings (SSSR count). The third-order valence-electron chi connectivity index (χ3n) is 13.7. The van der Waals surface area contributed by atoms with Crippen LogP contribution in [0.15, 0.2) is 140 Å². The molecule has 1 nitrogen and oxygen atoms in total. The molecule has 0 radical (unpaired) electrons. The highest BCUT2D eigenvalue weighted by atomic mass is 15.1. The summed E-state index contributed by atoms with van der Waals surface area (Å²) >= 11 is 0. The summed E-state index contributed by atoms with van der Waals surface area (Å²) in [6.07, 6.45) is 12.3. The van der Waals surface area contributed by atoms with Crippen LogP contribution in [0, 0.1) is 11.8 Å². The monoisotopic (exact) mass is 689 g/mol. The van der Waals surface area contributed by atoms with Crippen molar-refractivity contribution >= 4 is 17.1 Å². The Bertz CT molecular complexity index is 2270. The number of hydrogen-bond acceptors (Lipinski definition) is 1. The maximum atomic E-state index is 2.60. The summed E-state index contributed by atoms with van der Waals surface area (Å²) in [6.45, 7) is 4.88. The minimum atomic E-state index is -0.178. The SMILES string of the molecule is CC1(C)c2ccccc2-c2ccc(N(c3ccc(C4CC5CCC4C5)cc3)c3cccc(C4CCCCC4)c3)c(-c3ccccc3-c3ccccc3)c21. The summed E-state index contributed by atoms with van der Waals surface area (Å²) < 4.78 is 0. The maximum Gasteiger partial charge on any atom is 0.0543 e. The van der Waals surface area contributed by atoms with Crippen molar-refractivity contribution < 1.29 is 0 Å². The van der Waals surface area contributed by atoms with Gasteiger partial charge in [0.05, 0.1) is 5.69 Å². The molecule has 4 aliphatic rings. The second kappa shape index (κ2) is 13.2. The largest absolute Gasteiger partial charge is 0.310 e. The molecule has 0 amide bonds. The van der Waals surface area contributed by atoms with Gasteiger partial charge in [0.25, 0.3) is 0 Å². The molecule has 4 aliphatic carbocycles. The van der Waals surface area contributed by atoms with Crippen molar-refractivity contribution in [2.24, 2.45) is 11.8 Å². The van der Waals surface area contributed by atoms with E-state index < -0.39 is 0 Å². The third-order valence-corrected chi connectivity index (χ3v) is 13.7. The minimum Gasteiger partial charge on any atom is -0.310 e. The number of anilines is 3. The van der Waals surface area contributed by atoms with Gasteiger partial charge in [-0.15, -0.1) is 0 Å². The first-order valence-electron chi connectivity index (χ1n) is 20.5. The Labute approximate surface area is 316 Å². The van der Waals surface area contributed by atoms with Gasteiger partial charge >= 0.3 is 0 Å². The average molecular weight is 690 g/mol. The molecule has 0 aliphatic heterocycles. The van der Waals surface area contributed by atoms with Gasteiger partial charge in [0.1, 0.15) is 0 Å². The lowest BCUT2D eigenvalue weighted by molar-refractivity contribution is 0.420. The van der Waals surface area contributed by atoms with Crippen LogP contribution >= 0.6 is 0 Å². The molecule has 0 heterocycles. The van der Waals surface area contributed by atoms with E-state index in [0.717, 1.165) is 17.8 Å². The van der Waals surface area contributed by atoms with Gasteiger partial charge in [0.2, 0.25) is 0 Å². The maximum absolute atomic E-state index is 2.60. The van der Waals surface area contributed by atoms with Crippen LogP contribution < -0.4 is 4.90 Å². The number of hydrogen-bond donors (Lipinski definition) is 0. The van der Waals surface area contributed by atoms with Crippen molar-refractivity contribution in [3.63, 3.8) is 0 Å². The van der Waals surface area contributed by atoms with Crippen LogP contribution in [0.4, 0.5) is 17.1 Å². The van der Waals surface area contributed by atoms with Crippen LogP contribution in [0.2, 0.25) is 0 Å². The highest BCUT2D eigenvalue weighted by Gasteiger charge is 2.41. The fraction of sp³-hybridized carbons (Fsp3) is 0.308. The van der Waals surface area contributed by atoms with Crippen molar-refractivity contribution in [1.29, 1.82) is 0 Å². The molecule has 264 valence electrons. The van der Waals surface area contributed by atoms with Crippen molar-refractivity contribution in [2.75, 3.05) is 4.90 Å². The van der Waals surface area contributed by atoms with E-state index >= 15 is 0 Å². The lowest BCUT2D eigenvalue weighted by Gasteiger charge is -2.33. The van der Waals surface area contributed by atoms with Crippen LogP contribution in [0.25, 0.3) is 33.4 Å². The van der Waals surface area contributed by atoms with Gasteiger partial charge in [0.15, 0.2) is 0 Å². The molecule has 0 spiro atoms. The summed E-state index contributed by atoms with van der Waals surface area (Å²) in [7, 11) is 0. The normalized spacial score (nSPS) is 21.4. The predicted octanol–water partition coefficient (Wildman–Crippen LogP) is 14.7. The summed E-state index contributed by atoms with van der Waals surface area (Å²) in [6, 6.07) is 53.5. The molecule has 2 bridgehead atoms. The van der Waals surface area contributed by atoms with Crippen LogP contribution in [0.1, 0.15) is 106 Å². The molecule has 3 saturated carbocycles. The van der Waals surface area contributed by atoms with Gasteiger partial charge in [-0.05, 0) is 136 Å². The lowest BCUT2D eigenvalue weighted by Crippen LogP contribution is -2.19. The second-order valence-corrected chi connectivity index (χ2v) is 17.1. The Morgan fingerprint density at radius 2 is 1.26 bits per heavy atom. The first-order valence-corrected chi connectivity index (χ1v) is 20.5. The zero-order valence-electron chi connectivity index (χ0n) is 31.4. The van der Waals surface area contributed by atoms with E-state index in [2.05, 4.69) is 158 Å². The fourth-order valence-corrected chi connectivity index (χ4v) is 11.2. The first-order chi connectivity index (χ1) is 26.0. The first kappa shape index (κ1) is 32.7. The average Bonchev–Trinajstić information content (AvgIpc) is 3.92. The highest BCUT2D eigenvalue weighted by Crippen LogP contribution is 2.58. The van der Waals surface area contributed by atoms with E-state index in [1.807, 2.05) is 0 Å². The topological polar surface area (TPSA) is 3.24 Å². The van der Waals surface area contributed by atoms with Crippen LogP contribution in [0.5, 0.6) is 0 Å². The Hall–Kier alpha value is -4.88. The standard InChI is InChI=1S/C52H51N/c1-52(2)48-23-12-11-21-44(48)46-30-31-49(50(51(46)52)45-22-10-9-20-43(45)37-16-7-4-8-17-37)53(42-19-13-18-39(34-42)36-14-5-3-6-15-36)41-28-26-38(27-29-41)47-33-35-24-25-40(47)32-35/h4,7-13,16-23,26-31,34-36,40,47H,3,5-6,14-15,24-25,32-33H2,1-2H3. The van der Waals surface area contributed by atoms with Gasteiger partial charge in [-0.2, -0.15) is 0 Å². The van der Waals surface area contributed by atoms with Crippen molar-refractivity contribution in [1.82, 2.24) is 0 Å². The Balaban J connectivity index is 1.22. The summed E-state index contributed by atoms with van der Waals surface area (Å²) in [5.41, 5.74) is 17.3. The quantitative estimate of drug-likeness (QED) is 0.161. The predicted molar refractivity (Wildman–Crippen MR) is 224 cm³/mol. The minimum absolute atomic E-state index is 0.178. The van der Waals surface area contributed by atoms with Gasteiger partial charge in [-0.25, -0.2) is 0 Å². The van der Waals surface area contributed by atoms with E-state index in [-0.39, 0.29) is 5.41 Å². The second-order valence-electron chi connectivity index (χ2n) is 17.1. The summed E-state index contributed by atoms with van der Waals surface area (Å²) in [5.74, 6) is 3.17. The van der Waals surface area contributed by atoms with Crippen molar-refractivity contribution in [3.8, 4) is 33.4 Å². The van der Waals surface area contributed by atoms with Crippen LogP contribution in [0.3, 0.4) is 0 Å². The van der Waals surface area contributed by atoms with E-state index in [1.165, 1.54) is 130 Å². The molecule has 3 fully saturated rings. The van der Waals surface area contributed by atoms with E-state index in [0.29, 0.717) is 5.92 Å². The van der Waals surface area contributed by atoms with Gasteiger partial charge in [0, 0.05) is 22.4 Å². The van der Waals surface area contributed by atoms with E-state index in [9.17, 15) is 0 Å². The molecule has 0 N–H and O–H groups in total. The van der Waals surface area contributed by atoms with Gasteiger partial charge < -0.3 is 4.90 Å². The van der Waals surface area contributed by atoms with E-state index in [4.69, 9.17) is 0 Å². The van der Waals surface area contributed by atoms with Crippen molar-refractivity contribution in [2.45, 2.75) is 88.9 Å². The molecule has 6 aromatic carbocycles. The summed E-state index contributed by atoms with van der Waals surface area (Å²) in [5, 5.41) is 0. The molecular formula is C52H51N. The zero-order chi connectivity index (χ0) is 35.5. The summed E-state index contributed by atoms with van der Waals surface area (Å²) in [4.78, 5) is 2.60. The van der Waals surface area contributed by atoms with Crippen LogP contribution in [-0.2, 0) is 5.41 Å². The molecule has 53 heavy (non-hydrogen) atoms. The Morgan fingerprint density at radius 3 is 2.02 bits per heavy atom. The number of nitrogens with zero attached hydrogens (tertiary/aromatic N) is 1. The molecule has 0 aromatic heterocycles. The Morgan fingerprint density at radius 1 is 0.528 bits per heavy atom.